The number of nitrogens with zero attached hydrogens (tertiary/aromatic N) is 2. The van der Waals surface area contributed by atoms with Crippen molar-refractivity contribution in [3.05, 3.63) is 30.5 Å². The minimum absolute atomic E-state index is 0.693. The zero-order chi connectivity index (χ0) is 13.0. The standard InChI is InChI=1S/C13H17N3OS/c1-3-8-18-12-9-15-16(13(12)14)10-4-6-11(17-2)7-5-10/h4-7,9H,3,8,14H2,1-2H3. The van der Waals surface area contributed by atoms with E-state index >= 15 is 0 Å². The number of hydrogen-bond acceptors (Lipinski definition) is 4. The van der Waals surface area contributed by atoms with Crippen molar-refractivity contribution < 1.29 is 4.74 Å². The molecular formula is C13H17N3OS. The van der Waals surface area contributed by atoms with Gasteiger partial charge in [0.15, 0.2) is 0 Å². The summed E-state index contributed by atoms with van der Waals surface area (Å²) in [5.74, 6) is 2.57. The second-order valence-corrected chi connectivity index (χ2v) is 4.99. The zero-order valence-electron chi connectivity index (χ0n) is 10.6. The lowest BCUT2D eigenvalue weighted by Gasteiger charge is -2.06. The van der Waals surface area contributed by atoms with Crippen molar-refractivity contribution >= 4 is 17.6 Å². The molecule has 0 aliphatic carbocycles. The van der Waals surface area contributed by atoms with Crippen LogP contribution in [0, 0.1) is 0 Å². The molecule has 0 aliphatic heterocycles. The van der Waals surface area contributed by atoms with E-state index < -0.39 is 0 Å². The van der Waals surface area contributed by atoms with E-state index in [4.69, 9.17) is 10.5 Å². The Morgan fingerprint density at radius 1 is 1.33 bits per heavy atom. The van der Waals surface area contributed by atoms with Gasteiger partial charge in [-0.25, -0.2) is 4.68 Å². The van der Waals surface area contributed by atoms with Gasteiger partial charge < -0.3 is 10.5 Å². The molecule has 1 aromatic carbocycles. The van der Waals surface area contributed by atoms with Crippen molar-refractivity contribution in [2.24, 2.45) is 0 Å². The molecule has 0 aliphatic rings. The van der Waals surface area contributed by atoms with E-state index in [-0.39, 0.29) is 0 Å². The number of benzene rings is 1. The van der Waals surface area contributed by atoms with Crippen LogP contribution in [0.1, 0.15) is 13.3 Å². The largest absolute Gasteiger partial charge is 0.497 e. The van der Waals surface area contributed by atoms with Crippen LogP contribution in [0.25, 0.3) is 5.69 Å². The minimum Gasteiger partial charge on any atom is -0.497 e. The molecule has 0 unspecified atom stereocenters. The Labute approximate surface area is 111 Å². The van der Waals surface area contributed by atoms with E-state index in [1.54, 1.807) is 23.6 Å². The molecule has 0 bridgehead atoms. The van der Waals surface area contributed by atoms with Gasteiger partial charge in [-0.2, -0.15) is 5.10 Å². The lowest BCUT2D eigenvalue weighted by molar-refractivity contribution is 0.414. The smallest absolute Gasteiger partial charge is 0.140 e. The summed E-state index contributed by atoms with van der Waals surface area (Å²) in [6.45, 7) is 2.15. The lowest BCUT2D eigenvalue weighted by Crippen LogP contribution is -2.02. The maximum Gasteiger partial charge on any atom is 0.140 e. The van der Waals surface area contributed by atoms with Crippen LogP contribution in [0.5, 0.6) is 5.75 Å². The van der Waals surface area contributed by atoms with Crippen LogP contribution < -0.4 is 10.5 Å². The highest BCUT2D eigenvalue weighted by Gasteiger charge is 2.09. The summed E-state index contributed by atoms with van der Waals surface area (Å²) in [6, 6.07) is 7.68. The van der Waals surface area contributed by atoms with E-state index in [0.29, 0.717) is 5.82 Å². The summed E-state index contributed by atoms with van der Waals surface area (Å²) in [6.07, 6.45) is 2.94. The Kier molecular flexibility index (Phi) is 4.15. The first-order valence-corrected chi connectivity index (χ1v) is 6.85. The van der Waals surface area contributed by atoms with Crippen LogP contribution >= 0.6 is 11.8 Å². The molecule has 18 heavy (non-hydrogen) atoms. The Morgan fingerprint density at radius 2 is 2.06 bits per heavy atom. The first-order valence-electron chi connectivity index (χ1n) is 5.87. The van der Waals surface area contributed by atoms with Gasteiger partial charge in [0.2, 0.25) is 0 Å². The molecule has 0 fully saturated rings. The fourth-order valence-corrected chi connectivity index (χ4v) is 2.38. The van der Waals surface area contributed by atoms with Gasteiger partial charge in [-0.1, -0.05) is 6.92 Å². The number of anilines is 1. The van der Waals surface area contributed by atoms with Crippen molar-refractivity contribution in [3.8, 4) is 11.4 Å². The van der Waals surface area contributed by atoms with Crippen molar-refractivity contribution in [2.45, 2.75) is 18.2 Å². The van der Waals surface area contributed by atoms with E-state index in [1.165, 1.54) is 0 Å². The van der Waals surface area contributed by atoms with Crippen LogP contribution in [0.2, 0.25) is 0 Å². The van der Waals surface area contributed by atoms with E-state index in [0.717, 1.165) is 28.5 Å². The van der Waals surface area contributed by atoms with Gasteiger partial charge in [0.1, 0.15) is 11.6 Å². The van der Waals surface area contributed by atoms with Crippen molar-refractivity contribution in [1.29, 1.82) is 0 Å². The molecule has 2 N–H and O–H groups in total. The van der Waals surface area contributed by atoms with Crippen molar-refractivity contribution in [3.63, 3.8) is 0 Å². The van der Waals surface area contributed by atoms with E-state index in [9.17, 15) is 0 Å². The SMILES string of the molecule is CCCSc1cnn(-c2ccc(OC)cc2)c1N. The Balaban J connectivity index is 2.24. The van der Waals surface area contributed by atoms with Gasteiger partial charge in [-0.3, -0.25) is 0 Å². The molecule has 0 atom stereocenters. The fraction of sp³-hybridized carbons (Fsp3) is 0.308. The molecule has 5 heteroatoms. The molecule has 0 radical (unpaired) electrons. The van der Waals surface area contributed by atoms with Gasteiger partial charge in [-0.05, 0) is 36.4 Å². The lowest BCUT2D eigenvalue weighted by atomic mass is 10.3. The van der Waals surface area contributed by atoms with Crippen LogP contribution in [-0.4, -0.2) is 22.6 Å². The molecule has 0 saturated heterocycles. The molecule has 2 aromatic rings. The number of nitrogen functional groups attached to an aromatic ring is 1. The first kappa shape index (κ1) is 12.8. The second-order valence-electron chi connectivity index (χ2n) is 3.85. The maximum atomic E-state index is 6.10. The Hall–Kier alpha value is -1.62. The highest BCUT2D eigenvalue weighted by Crippen LogP contribution is 2.27. The highest BCUT2D eigenvalue weighted by molar-refractivity contribution is 7.99. The summed E-state index contributed by atoms with van der Waals surface area (Å²) < 4.78 is 6.88. The number of rotatable bonds is 5. The predicted molar refractivity (Wildman–Crippen MR) is 75.5 cm³/mol. The molecule has 4 nitrogen and oxygen atoms in total. The average molecular weight is 263 g/mol. The first-order chi connectivity index (χ1) is 8.76. The third-order valence-corrected chi connectivity index (χ3v) is 3.79. The monoisotopic (exact) mass is 263 g/mol. The highest BCUT2D eigenvalue weighted by atomic mass is 32.2. The molecule has 0 saturated carbocycles. The zero-order valence-corrected chi connectivity index (χ0v) is 11.4. The van der Waals surface area contributed by atoms with Gasteiger partial charge in [-0.15, -0.1) is 11.8 Å². The molecule has 1 heterocycles. The summed E-state index contributed by atoms with van der Waals surface area (Å²) in [7, 11) is 1.65. The van der Waals surface area contributed by atoms with Gasteiger partial charge in [0.25, 0.3) is 0 Å². The van der Waals surface area contributed by atoms with Gasteiger partial charge >= 0.3 is 0 Å². The topological polar surface area (TPSA) is 53.1 Å². The summed E-state index contributed by atoms with van der Waals surface area (Å²) in [4.78, 5) is 1.03. The summed E-state index contributed by atoms with van der Waals surface area (Å²) in [5.41, 5.74) is 7.04. The molecule has 0 amide bonds. The Bertz CT molecular complexity index is 507. The van der Waals surface area contributed by atoms with Crippen LogP contribution in [0.15, 0.2) is 35.4 Å². The third kappa shape index (κ3) is 2.61. The second kappa shape index (κ2) is 5.82. The fourth-order valence-electron chi connectivity index (χ4n) is 1.60. The van der Waals surface area contributed by atoms with Gasteiger partial charge in [0, 0.05) is 0 Å². The minimum atomic E-state index is 0.693. The number of aromatic nitrogens is 2. The van der Waals surface area contributed by atoms with E-state index in [1.807, 2.05) is 30.5 Å². The summed E-state index contributed by atoms with van der Waals surface area (Å²) in [5, 5.41) is 4.32. The van der Waals surface area contributed by atoms with Gasteiger partial charge in [0.05, 0.1) is 23.9 Å². The Morgan fingerprint density at radius 3 is 2.67 bits per heavy atom. The number of nitrogens with two attached hydrogens (primary N) is 1. The number of thioether (sulfide) groups is 1. The third-order valence-electron chi connectivity index (χ3n) is 2.55. The molecule has 1 aromatic heterocycles. The normalized spacial score (nSPS) is 10.6. The summed E-state index contributed by atoms with van der Waals surface area (Å²) >= 11 is 1.74. The molecule has 96 valence electrons. The predicted octanol–water partition coefficient (Wildman–Crippen LogP) is 2.97. The number of methoxy groups -OCH3 is 1. The molecule has 2 rings (SSSR count). The average Bonchev–Trinajstić information content (AvgIpc) is 2.78. The number of ether oxygens (including phenoxy) is 1. The molecule has 0 spiro atoms. The molecular weight excluding hydrogens is 246 g/mol. The number of hydrogen-bond donors (Lipinski definition) is 1. The van der Waals surface area contributed by atoms with E-state index in [2.05, 4.69) is 12.0 Å². The quantitative estimate of drug-likeness (QED) is 0.843. The maximum absolute atomic E-state index is 6.10. The van der Waals surface area contributed by atoms with Crippen LogP contribution in [0.3, 0.4) is 0 Å². The van der Waals surface area contributed by atoms with Crippen LogP contribution in [0.4, 0.5) is 5.82 Å². The van der Waals surface area contributed by atoms with Crippen LogP contribution in [-0.2, 0) is 0 Å². The van der Waals surface area contributed by atoms with Crippen molar-refractivity contribution in [2.75, 3.05) is 18.6 Å². The van der Waals surface area contributed by atoms with Crippen molar-refractivity contribution in [1.82, 2.24) is 9.78 Å².